The molecule has 0 bridgehead atoms. The molecule has 1 aromatic carbocycles. The van der Waals surface area contributed by atoms with E-state index in [2.05, 4.69) is 29.6 Å². The summed E-state index contributed by atoms with van der Waals surface area (Å²) in [6.45, 7) is 0. The van der Waals surface area contributed by atoms with Crippen LogP contribution in [0.1, 0.15) is 44.1 Å². The number of ether oxygens (including phenoxy) is 1. The molecule has 0 radical (unpaired) electrons. The normalized spacial score (nSPS) is 30.1. The van der Waals surface area contributed by atoms with Gasteiger partial charge in [-0.05, 0) is 62.1 Å². The third-order valence-corrected chi connectivity index (χ3v) is 4.94. The number of methoxy groups -OCH3 is 1. The van der Waals surface area contributed by atoms with Crippen molar-refractivity contribution in [2.75, 3.05) is 7.11 Å². The molecule has 2 fully saturated rings. The molecule has 0 aromatic heterocycles. The van der Waals surface area contributed by atoms with Gasteiger partial charge in [0.2, 0.25) is 0 Å². The van der Waals surface area contributed by atoms with E-state index in [0.717, 1.165) is 23.8 Å². The Morgan fingerprint density at radius 3 is 2.74 bits per heavy atom. The van der Waals surface area contributed by atoms with E-state index in [4.69, 9.17) is 4.74 Å². The third-order valence-electron chi connectivity index (χ3n) is 4.94. The number of benzene rings is 1. The van der Waals surface area contributed by atoms with Crippen LogP contribution in [0.25, 0.3) is 0 Å². The predicted octanol–water partition coefficient (Wildman–Crippen LogP) is 3.55. The van der Waals surface area contributed by atoms with Gasteiger partial charge in [-0.2, -0.15) is 0 Å². The molecule has 1 aliphatic heterocycles. The Kier molecular flexibility index (Phi) is 4.07. The molecule has 1 aliphatic carbocycles. The first-order valence-electron chi connectivity index (χ1n) is 7.74. The maximum absolute atomic E-state index is 5.20. The topological polar surface area (TPSA) is 21.3 Å². The van der Waals surface area contributed by atoms with E-state index in [1.807, 2.05) is 0 Å². The molecule has 3 unspecified atom stereocenters. The molecule has 2 aliphatic rings. The highest BCUT2D eigenvalue weighted by Gasteiger charge is 2.32. The summed E-state index contributed by atoms with van der Waals surface area (Å²) in [5, 5.41) is 3.88. The number of aryl methyl sites for hydroxylation is 1. The van der Waals surface area contributed by atoms with Crippen molar-refractivity contribution >= 4 is 0 Å². The molecule has 3 rings (SSSR count). The first kappa shape index (κ1) is 13.0. The second-order valence-corrected chi connectivity index (χ2v) is 6.13. The Labute approximate surface area is 116 Å². The number of fused-ring (bicyclic) bond motifs is 1. The van der Waals surface area contributed by atoms with Crippen LogP contribution >= 0.6 is 0 Å². The second-order valence-electron chi connectivity index (χ2n) is 6.13. The summed E-state index contributed by atoms with van der Waals surface area (Å²) in [6, 6.07) is 10.1. The molecule has 1 heterocycles. The Hall–Kier alpha value is -1.02. The fourth-order valence-corrected chi connectivity index (χ4v) is 3.76. The van der Waals surface area contributed by atoms with Gasteiger partial charge in [0.15, 0.2) is 0 Å². The summed E-state index contributed by atoms with van der Waals surface area (Å²) < 4.78 is 5.20. The van der Waals surface area contributed by atoms with Crippen LogP contribution in [-0.4, -0.2) is 19.2 Å². The average Bonchev–Trinajstić information content (AvgIpc) is 2.93. The molecule has 1 aromatic rings. The first-order chi connectivity index (χ1) is 9.35. The van der Waals surface area contributed by atoms with E-state index in [0.29, 0.717) is 0 Å². The molecule has 1 N–H and O–H groups in total. The van der Waals surface area contributed by atoms with Gasteiger partial charge in [-0.1, -0.05) is 18.6 Å². The Morgan fingerprint density at radius 2 is 1.95 bits per heavy atom. The quantitative estimate of drug-likeness (QED) is 0.893. The standard InChI is InChI=1S/C17H25NO/c1-19-16-11-6-13(7-12-16)5-9-15-10-8-14-3-2-4-17(14)18-15/h6-7,11-12,14-15,17-18H,2-5,8-10H2,1H3. The van der Waals surface area contributed by atoms with Crippen molar-refractivity contribution in [3.05, 3.63) is 29.8 Å². The lowest BCUT2D eigenvalue weighted by Crippen LogP contribution is -2.45. The van der Waals surface area contributed by atoms with Gasteiger partial charge in [-0.25, -0.2) is 0 Å². The maximum Gasteiger partial charge on any atom is 0.118 e. The smallest absolute Gasteiger partial charge is 0.118 e. The minimum atomic E-state index is 0.737. The second kappa shape index (κ2) is 5.96. The lowest BCUT2D eigenvalue weighted by atomic mass is 9.87. The summed E-state index contributed by atoms with van der Waals surface area (Å²) in [4.78, 5) is 0. The monoisotopic (exact) mass is 259 g/mol. The maximum atomic E-state index is 5.20. The summed E-state index contributed by atoms with van der Waals surface area (Å²) in [5.41, 5.74) is 1.43. The molecule has 0 spiro atoms. The first-order valence-corrected chi connectivity index (χ1v) is 7.74. The number of nitrogens with one attached hydrogen (secondary N) is 1. The van der Waals surface area contributed by atoms with E-state index < -0.39 is 0 Å². The Morgan fingerprint density at radius 1 is 1.11 bits per heavy atom. The van der Waals surface area contributed by atoms with E-state index in [1.54, 1.807) is 7.11 Å². The van der Waals surface area contributed by atoms with E-state index >= 15 is 0 Å². The third kappa shape index (κ3) is 3.11. The fourth-order valence-electron chi connectivity index (χ4n) is 3.76. The molecule has 3 atom stereocenters. The van der Waals surface area contributed by atoms with Gasteiger partial charge in [0.25, 0.3) is 0 Å². The zero-order valence-corrected chi connectivity index (χ0v) is 11.9. The van der Waals surface area contributed by atoms with Gasteiger partial charge in [0.05, 0.1) is 7.11 Å². The summed E-state index contributed by atoms with van der Waals surface area (Å²) in [7, 11) is 1.72. The fraction of sp³-hybridized carbons (Fsp3) is 0.647. The number of rotatable bonds is 4. The molecule has 2 nitrogen and oxygen atoms in total. The summed E-state index contributed by atoms with van der Waals surface area (Å²) >= 11 is 0. The van der Waals surface area contributed by atoms with Crippen molar-refractivity contribution in [3.8, 4) is 5.75 Å². The van der Waals surface area contributed by atoms with Crippen molar-refractivity contribution in [2.45, 2.75) is 57.0 Å². The predicted molar refractivity (Wildman–Crippen MR) is 78.6 cm³/mol. The van der Waals surface area contributed by atoms with E-state index in [9.17, 15) is 0 Å². The lowest BCUT2D eigenvalue weighted by molar-refractivity contribution is 0.250. The highest BCUT2D eigenvalue weighted by molar-refractivity contribution is 5.27. The van der Waals surface area contributed by atoms with Crippen molar-refractivity contribution < 1.29 is 4.74 Å². The zero-order valence-electron chi connectivity index (χ0n) is 11.9. The molecular weight excluding hydrogens is 234 g/mol. The summed E-state index contributed by atoms with van der Waals surface area (Å²) in [6.07, 6.45) is 9.58. The molecule has 0 amide bonds. The van der Waals surface area contributed by atoms with Gasteiger partial charge < -0.3 is 10.1 Å². The largest absolute Gasteiger partial charge is 0.497 e. The van der Waals surface area contributed by atoms with Crippen LogP contribution in [-0.2, 0) is 6.42 Å². The Balaban J connectivity index is 1.49. The minimum Gasteiger partial charge on any atom is -0.497 e. The average molecular weight is 259 g/mol. The van der Waals surface area contributed by atoms with Gasteiger partial charge in [0, 0.05) is 12.1 Å². The Bertz CT molecular complexity index is 400. The highest BCUT2D eigenvalue weighted by atomic mass is 16.5. The van der Waals surface area contributed by atoms with Crippen molar-refractivity contribution in [3.63, 3.8) is 0 Å². The van der Waals surface area contributed by atoms with Crippen LogP contribution in [0.3, 0.4) is 0 Å². The number of hydrogen-bond donors (Lipinski definition) is 1. The van der Waals surface area contributed by atoms with Crippen molar-refractivity contribution in [1.29, 1.82) is 0 Å². The molecule has 1 saturated carbocycles. The molecule has 2 heteroatoms. The van der Waals surface area contributed by atoms with E-state index in [-0.39, 0.29) is 0 Å². The van der Waals surface area contributed by atoms with Crippen LogP contribution in [0, 0.1) is 5.92 Å². The van der Waals surface area contributed by atoms with E-state index in [1.165, 1.54) is 50.5 Å². The van der Waals surface area contributed by atoms with Gasteiger partial charge >= 0.3 is 0 Å². The van der Waals surface area contributed by atoms with Gasteiger partial charge in [-0.3, -0.25) is 0 Å². The highest BCUT2D eigenvalue weighted by Crippen LogP contribution is 2.34. The molecule has 19 heavy (non-hydrogen) atoms. The van der Waals surface area contributed by atoms with Crippen molar-refractivity contribution in [2.24, 2.45) is 5.92 Å². The van der Waals surface area contributed by atoms with Gasteiger partial charge in [0.1, 0.15) is 5.75 Å². The number of hydrogen-bond acceptors (Lipinski definition) is 2. The zero-order chi connectivity index (χ0) is 13.1. The molecular formula is C17H25NO. The SMILES string of the molecule is COc1ccc(CCC2CCC3CCCC3N2)cc1. The van der Waals surface area contributed by atoms with Crippen LogP contribution < -0.4 is 10.1 Å². The van der Waals surface area contributed by atoms with Crippen LogP contribution in [0.2, 0.25) is 0 Å². The number of piperidine rings is 1. The molecule has 1 saturated heterocycles. The minimum absolute atomic E-state index is 0.737. The van der Waals surface area contributed by atoms with Gasteiger partial charge in [-0.15, -0.1) is 0 Å². The van der Waals surface area contributed by atoms with Crippen LogP contribution in [0.4, 0.5) is 0 Å². The lowest BCUT2D eigenvalue weighted by Gasteiger charge is -2.33. The van der Waals surface area contributed by atoms with Crippen LogP contribution in [0.5, 0.6) is 5.75 Å². The van der Waals surface area contributed by atoms with Crippen molar-refractivity contribution in [1.82, 2.24) is 5.32 Å². The van der Waals surface area contributed by atoms with Crippen LogP contribution in [0.15, 0.2) is 24.3 Å². The molecule has 104 valence electrons. The summed E-state index contributed by atoms with van der Waals surface area (Å²) in [5.74, 6) is 1.94.